The lowest BCUT2D eigenvalue weighted by Gasteiger charge is -2.17. The predicted molar refractivity (Wildman–Crippen MR) is 94.7 cm³/mol. The van der Waals surface area contributed by atoms with Crippen LogP contribution in [-0.4, -0.2) is 34.6 Å². The SMILES string of the molecule is O=C(Nc1nc2cc3c(cc2s1)OCCO3)c1cccnc1SC(F)(F)F. The molecular weight excluding hydrogens is 403 g/mol. The number of nitrogens with one attached hydrogen (secondary N) is 1. The molecule has 1 amide bonds. The number of nitrogens with zero attached hydrogens (tertiary/aromatic N) is 2. The maximum atomic E-state index is 12.7. The molecule has 0 fully saturated rings. The Labute approximate surface area is 158 Å². The van der Waals surface area contributed by atoms with Crippen LogP contribution in [-0.2, 0) is 0 Å². The summed E-state index contributed by atoms with van der Waals surface area (Å²) >= 11 is 0.750. The molecule has 11 heteroatoms. The summed E-state index contributed by atoms with van der Waals surface area (Å²) in [6.07, 6.45) is 1.20. The highest BCUT2D eigenvalue weighted by atomic mass is 32.2. The number of carbonyl (C=O) groups is 1. The van der Waals surface area contributed by atoms with Gasteiger partial charge in [-0.15, -0.1) is 0 Å². The third-order valence-electron chi connectivity index (χ3n) is 3.50. The molecule has 0 saturated heterocycles. The average Bonchev–Trinajstić information content (AvgIpc) is 2.99. The molecule has 1 aromatic carbocycles. The van der Waals surface area contributed by atoms with Crippen LogP contribution in [0.15, 0.2) is 35.5 Å². The van der Waals surface area contributed by atoms with Crippen molar-refractivity contribution in [1.29, 1.82) is 0 Å². The maximum Gasteiger partial charge on any atom is 0.447 e. The van der Waals surface area contributed by atoms with Crippen LogP contribution in [0.3, 0.4) is 0 Å². The van der Waals surface area contributed by atoms with Gasteiger partial charge in [-0.2, -0.15) is 13.2 Å². The lowest BCUT2D eigenvalue weighted by Crippen LogP contribution is -2.15. The van der Waals surface area contributed by atoms with Crippen molar-refractivity contribution in [2.75, 3.05) is 18.5 Å². The van der Waals surface area contributed by atoms with E-state index in [0.717, 1.165) is 4.70 Å². The van der Waals surface area contributed by atoms with Crippen LogP contribution < -0.4 is 14.8 Å². The van der Waals surface area contributed by atoms with Crippen molar-refractivity contribution in [3.8, 4) is 11.5 Å². The Balaban J connectivity index is 1.60. The summed E-state index contributed by atoms with van der Waals surface area (Å²) < 4.78 is 49.7. The van der Waals surface area contributed by atoms with Gasteiger partial charge >= 0.3 is 5.51 Å². The molecule has 27 heavy (non-hydrogen) atoms. The van der Waals surface area contributed by atoms with Gasteiger partial charge in [0.1, 0.15) is 18.2 Å². The highest BCUT2D eigenvalue weighted by Crippen LogP contribution is 2.39. The van der Waals surface area contributed by atoms with E-state index in [1.807, 2.05) is 0 Å². The first kappa shape index (κ1) is 17.9. The molecule has 0 atom stereocenters. The molecule has 0 radical (unpaired) electrons. The first-order valence-electron chi connectivity index (χ1n) is 7.61. The molecule has 0 saturated carbocycles. The lowest BCUT2D eigenvalue weighted by atomic mass is 10.3. The van der Waals surface area contributed by atoms with Crippen LogP contribution in [0.1, 0.15) is 10.4 Å². The Morgan fingerprint density at radius 2 is 1.96 bits per heavy atom. The first-order valence-corrected chi connectivity index (χ1v) is 9.25. The van der Waals surface area contributed by atoms with Gasteiger partial charge in [0.15, 0.2) is 16.6 Å². The number of hydrogen-bond donors (Lipinski definition) is 1. The Bertz CT molecular complexity index is 980. The molecule has 4 rings (SSSR count). The second kappa shape index (κ2) is 6.89. The Morgan fingerprint density at radius 1 is 1.22 bits per heavy atom. The third-order valence-corrected chi connectivity index (χ3v) is 5.18. The van der Waals surface area contributed by atoms with E-state index >= 15 is 0 Å². The summed E-state index contributed by atoms with van der Waals surface area (Å²) in [5, 5.41) is 2.37. The fourth-order valence-electron chi connectivity index (χ4n) is 2.44. The molecule has 3 heterocycles. The van der Waals surface area contributed by atoms with E-state index in [9.17, 15) is 18.0 Å². The van der Waals surface area contributed by atoms with Crippen molar-refractivity contribution < 1.29 is 27.4 Å². The zero-order chi connectivity index (χ0) is 19.0. The van der Waals surface area contributed by atoms with E-state index in [-0.39, 0.29) is 10.7 Å². The van der Waals surface area contributed by atoms with Gasteiger partial charge in [0.25, 0.3) is 5.91 Å². The van der Waals surface area contributed by atoms with Crippen LogP contribution in [0, 0.1) is 0 Å². The van der Waals surface area contributed by atoms with Crippen LogP contribution in [0.2, 0.25) is 0 Å². The van der Waals surface area contributed by atoms with Crippen LogP contribution in [0.4, 0.5) is 18.3 Å². The monoisotopic (exact) mass is 413 g/mol. The van der Waals surface area contributed by atoms with E-state index < -0.39 is 28.2 Å². The number of thiazole rings is 1. The number of halogens is 3. The number of anilines is 1. The molecule has 3 aromatic rings. The number of ether oxygens (including phenoxy) is 2. The fraction of sp³-hybridized carbons (Fsp3) is 0.188. The van der Waals surface area contributed by atoms with Crippen molar-refractivity contribution in [2.24, 2.45) is 0 Å². The number of benzene rings is 1. The van der Waals surface area contributed by atoms with Crippen LogP contribution in [0.5, 0.6) is 11.5 Å². The van der Waals surface area contributed by atoms with Crippen molar-refractivity contribution in [3.63, 3.8) is 0 Å². The lowest BCUT2D eigenvalue weighted by molar-refractivity contribution is -0.0329. The molecule has 0 aliphatic carbocycles. The number of pyridine rings is 1. The predicted octanol–water partition coefficient (Wildman–Crippen LogP) is 4.33. The minimum Gasteiger partial charge on any atom is -0.486 e. The molecule has 140 valence electrons. The molecular formula is C16H10F3N3O3S2. The Morgan fingerprint density at radius 3 is 2.70 bits per heavy atom. The van der Waals surface area contributed by atoms with Gasteiger partial charge in [0.2, 0.25) is 0 Å². The molecule has 0 spiro atoms. The molecule has 1 aliphatic rings. The van der Waals surface area contributed by atoms with Crippen molar-refractivity contribution in [1.82, 2.24) is 9.97 Å². The van der Waals surface area contributed by atoms with E-state index in [0.29, 0.717) is 30.2 Å². The molecule has 0 bridgehead atoms. The van der Waals surface area contributed by atoms with Gasteiger partial charge in [-0.1, -0.05) is 11.3 Å². The Hall–Kier alpha value is -2.53. The van der Waals surface area contributed by atoms with E-state index in [1.54, 1.807) is 12.1 Å². The molecule has 6 nitrogen and oxygen atoms in total. The molecule has 1 aliphatic heterocycles. The van der Waals surface area contributed by atoms with Gasteiger partial charge < -0.3 is 9.47 Å². The summed E-state index contributed by atoms with van der Waals surface area (Å²) in [7, 11) is 0. The minimum absolute atomic E-state index is 0.176. The zero-order valence-corrected chi connectivity index (χ0v) is 15.0. The van der Waals surface area contributed by atoms with E-state index in [2.05, 4.69) is 15.3 Å². The summed E-state index contributed by atoms with van der Waals surface area (Å²) in [6.45, 7) is 0.883. The minimum atomic E-state index is -4.54. The van der Waals surface area contributed by atoms with Crippen LogP contribution in [0.25, 0.3) is 10.2 Å². The van der Waals surface area contributed by atoms with Crippen molar-refractivity contribution >= 4 is 44.4 Å². The number of rotatable bonds is 3. The Kier molecular flexibility index (Phi) is 4.56. The number of thioether (sulfide) groups is 1. The maximum absolute atomic E-state index is 12.7. The highest BCUT2D eigenvalue weighted by molar-refractivity contribution is 8.00. The second-order valence-corrected chi connectivity index (χ2v) is 7.43. The summed E-state index contributed by atoms with van der Waals surface area (Å²) in [4.78, 5) is 20.4. The van der Waals surface area contributed by atoms with Gasteiger partial charge in [-0.05, 0) is 12.1 Å². The largest absolute Gasteiger partial charge is 0.486 e. The molecule has 0 unspecified atom stereocenters. The summed E-state index contributed by atoms with van der Waals surface area (Å²) in [5.74, 6) is 0.436. The van der Waals surface area contributed by atoms with Gasteiger partial charge in [0, 0.05) is 30.1 Å². The van der Waals surface area contributed by atoms with Gasteiger partial charge in [-0.25, -0.2) is 9.97 Å². The highest BCUT2D eigenvalue weighted by Gasteiger charge is 2.32. The van der Waals surface area contributed by atoms with Gasteiger partial charge in [0.05, 0.1) is 15.8 Å². The number of aromatic nitrogens is 2. The van der Waals surface area contributed by atoms with Gasteiger partial charge in [-0.3, -0.25) is 10.1 Å². The smallest absolute Gasteiger partial charge is 0.447 e. The average molecular weight is 413 g/mol. The van der Waals surface area contributed by atoms with E-state index in [1.165, 1.54) is 29.7 Å². The normalized spacial score (nSPS) is 13.6. The number of fused-ring (bicyclic) bond motifs is 2. The molecule has 2 aromatic heterocycles. The van der Waals surface area contributed by atoms with E-state index in [4.69, 9.17) is 9.47 Å². The standard InChI is InChI=1S/C16H10F3N3O3S2/c17-16(18,19)27-14-8(2-1-3-20-14)13(23)22-15-21-9-6-10-11(7-12(9)26-15)25-5-4-24-10/h1-3,6-7H,4-5H2,(H,21,22,23). The van der Waals surface area contributed by atoms with Crippen LogP contribution >= 0.6 is 23.1 Å². The second-order valence-electron chi connectivity index (χ2n) is 5.34. The number of hydrogen-bond acceptors (Lipinski definition) is 7. The summed E-state index contributed by atoms with van der Waals surface area (Å²) in [6, 6.07) is 6.14. The quantitative estimate of drug-likeness (QED) is 0.645. The first-order chi connectivity index (χ1) is 12.9. The fourth-order valence-corrected chi connectivity index (χ4v) is 3.91. The number of carbonyl (C=O) groups excluding carboxylic acids is 1. The van der Waals surface area contributed by atoms with Crippen molar-refractivity contribution in [3.05, 3.63) is 36.0 Å². The zero-order valence-electron chi connectivity index (χ0n) is 13.4. The third kappa shape index (κ3) is 3.93. The number of amides is 1. The number of alkyl halides is 3. The summed E-state index contributed by atoms with van der Waals surface area (Å²) in [5.41, 5.74) is -4.13. The van der Waals surface area contributed by atoms with Crippen molar-refractivity contribution in [2.45, 2.75) is 10.5 Å². The molecule has 1 N–H and O–H groups in total. The topological polar surface area (TPSA) is 73.3 Å².